The van der Waals surface area contributed by atoms with Gasteiger partial charge in [0.05, 0.1) is 13.2 Å². The Morgan fingerprint density at radius 1 is 1.16 bits per heavy atom. The van der Waals surface area contributed by atoms with Gasteiger partial charge in [-0.25, -0.2) is 0 Å². The Labute approximate surface area is 112 Å². The van der Waals surface area contributed by atoms with Gasteiger partial charge in [0.15, 0.2) is 0 Å². The number of carbonyl (C=O) groups excluding carboxylic acids is 1. The second kappa shape index (κ2) is 5.28. The molecule has 2 heterocycles. The quantitative estimate of drug-likeness (QED) is 0.913. The molecule has 0 saturated heterocycles. The maximum Gasteiger partial charge on any atom is 0.227 e. The van der Waals surface area contributed by atoms with E-state index in [1.807, 2.05) is 42.6 Å². The molecule has 4 nitrogen and oxygen atoms in total. The molecule has 0 bridgehead atoms. The Bertz CT molecular complexity index is 575. The first-order chi connectivity index (χ1) is 9.31. The molecule has 1 aromatic carbocycles. The van der Waals surface area contributed by atoms with E-state index in [-0.39, 0.29) is 5.91 Å². The van der Waals surface area contributed by atoms with Crippen molar-refractivity contribution in [3.8, 4) is 0 Å². The minimum atomic E-state index is 0.0855. The highest BCUT2D eigenvalue weighted by molar-refractivity contribution is 5.91. The number of nitrogens with one attached hydrogen (secondary N) is 1. The van der Waals surface area contributed by atoms with Crippen molar-refractivity contribution in [2.24, 2.45) is 0 Å². The van der Waals surface area contributed by atoms with Crippen molar-refractivity contribution in [1.29, 1.82) is 0 Å². The Morgan fingerprint density at radius 2 is 1.95 bits per heavy atom. The number of nitrogens with zero attached hydrogens (tertiary/aromatic N) is 1. The average molecular weight is 256 g/mol. The maximum atomic E-state index is 11.3. The molecule has 1 aromatic heterocycles. The van der Waals surface area contributed by atoms with Crippen LogP contribution in [0.25, 0.3) is 0 Å². The summed E-state index contributed by atoms with van der Waals surface area (Å²) in [5, 5.41) is 2.86. The Balaban J connectivity index is 1.57. The van der Waals surface area contributed by atoms with Crippen LogP contribution in [0.1, 0.15) is 17.5 Å². The van der Waals surface area contributed by atoms with Crippen molar-refractivity contribution in [1.82, 2.24) is 4.57 Å². The molecular formula is C15H16N2O2. The predicted octanol–water partition coefficient (Wildman–Crippen LogP) is 2.55. The minimum Gasteiger partial charge on any atom is -0.372 e. The first kappa shape index (κ1) is 12.0. The molecule has 0 aliphatic carbocycles. The molecule has 2 aromatic rings. The van der Waals surface area contributed by atoms with Crippen LogP contribution in [0.4, 0.5) is 5.82 Å². The molecule has 3 rings (SSSR count). The maximum absolute atomic E-state index is 11.3. The monoisotopic (exact) mass is 256 g/mol. The van der Waals surface area contributed by atoms with Crippen LogP contribution in [-0.4, -0.2) is 10.5 Å². The van der Waals surface area contributed by atoms with Crippen LogP contribution in [-0.2, 0) is 29.3 Å². The molecular weight excluding hydrogens is 240 g/mol. The normalized spacial score (nSPS) is 14.0. The summed E-state index contributed by atoms with van der Waals surface area (Å²) in [4.78, 5) is 11.3. The third kappa shape index (κ3) is 2.85. The Morgan fingerprint density at radius 3 is 2.79 bits per heavy atom. The lowest BCUT2D eigenvalue weighted by atomic mass is 10.2. The van der Waals surface area contributed by atoms with Gasteiger partial charge in [-0.15, -0.1) is 0 Å². The van der Waals surface area contributed by atoms with Crippen LogP contribution in [0.3, 0.4) is 0 Å². The van der Waals surface area contributed by atoms with E-state index in [4.69, 9.17) is 4.74 Å². The lowest BCUT2D eigenvalue weighted by Crippen LogP contribution is -2.22. The molecule has 0 fully saturated rings. The van der Waals surface area contributed by atoms with Crippen molar-refractivity contribution >= 4 is 11.7 Å². The lowest BCUT2D eigenvalue weighted by Gasteiger charge is -2.14. The van der Waals surface area contributed by atoms with Crippen molar-refractivity contribution < 1.29 is 9.53 Å². The highest BCUT2D eigenvalue weighted by atomic mass is 16.5. The van der Waals surface area contributed by atoms with Gasteiger partial charge in [0.25, 0.3) is 0 Å². The topological polar surface area (TPSA) is 43.3 Å². The second-order valence-corrected chi connectivity index (χ2v) is 4.70. The first-order valence-corrected chi connectivity index (χ1v) is 6.42. The summed E-state index contributed by atoms with van der Waals surface area (Å²) < 4.78 is 7.74. The SMILES string of the molecule is O=C1CCn2cc(COCc3ccccc3)cc2N1. The largest absolute Gasteiger partial charge is 0.372 e. The lowest BCUT2D eigenvalue weighted by molar-refractivity contribution is -0.116. The third-order valence-electron chi connectivity index (χ3n) is 3.18. The summed E-state index contributed by atoms with van der Waals surface area (Å²) in [6.45, 7) is 1.92. The van der Waals surface area contributed by atoms with E-state index in [2.05, 4.69) is 9.88 Å². The molecule has 1 amide bonds. The second-order valence-electron chi connectivity index (χ2n) is 4.70. The number of hydrogen-bond acceptors (Lipinski definition) is 2. The summed E-state index contributed by atoms with van der Waals surface area (Å²) in [6.07, 6.45) is 2.59. The summed E-state index contributed by atoms with van der Waals surface area (Å²) in [5.41, 5.74) is 2.26. The van der Waals surface area contributed by atoms with Crippen LogP contribution < -0.4 is 5.32 Å². The number of anilines is 1. The molecule has 0 atom stereocenters. The number of aromatic nitrogens is 1. The summed E-state index contributed by atoms with van der Waals surface area (Å²) in [7, 11) is 0. The van der Waals surface area contributed by atoms with E-state index in [9.17, 15) is 4.79 Å². The van der Waals surface area contributed by atoms with Gasteiger partial charge in [-0.3, -0.25) is 4.79 Å². The molecule has 4 heteroatoms. The molecule has 0 spiro atoms. The number of rotatable bonds is 4. The van der Waals surface area contributed by atoms with Crippen LogP contribution in [0, 0.1) is 0 Å². The van der Waals surface area contributed by atoms with Crippen LogP contribution in [0.5, 0.6) is 0 Å². The number of aryl methyl sites for hydroxylation is 1. The van der Waals surface area contributed by atoms with Crippen molar-refractivity contribution in [3.05, 3.63) is 53.7 Å². The van der Waals surface area contributed by atoms with E-state index < -0.39 is 0 Å². The van der Waals surface area contributed by atoms with Gasteiger partial charge in [-0.05, 0) is 17.2 Å². The summed E-state index contributed by atoms with van der Waals surface area (Å²) >= 11 is 0. The molecule has 0 radical (unpaired) electrons. The zero-order valence-electron chi connectivity index (χ0n) is 10.6. The first-order valence-electron chi connectivity index (χ1n) is 6.42. The molecule has 1 N–H and O–H groups in total. The van der Waals surface area contributed by atoms with Crippen LogP contribution in [0.15, 0.2) is 42.6 Å². The van der Waals surface area contributed by atoms with Crippen LogP contribution >= 0.6 is 0 Å². The standard InChI is InChI=1S/C15H16N2O2/c18-15-6-7-17-9-13(8-14(17)16-15)11-19-10-12-4-2-1-3-5-12/h1-5,8-9H,6-7,10-11H2,(H,16,18). The Hall–Kier alpha value is -2.07. The smallest absolute Gasteiger partial charge is 0.227 e. The van der Waals surface area contributed by atoms with Crippen LogP contribution in [0.2, 0.25) is 0 Å². The highest BCUT2D eigenvalue weighted by Gasteiger charge is 2.15. The van der Waals surface area contributed by atoms with E-state index in [1.54, 1.807) is 0 Å². The predicted molar refractivity (Wildman–Crippen MR) is 72.6 cm³/mol. The number of carbonyl (C=O) groups is 1. The number of fused-ring (bicyclic) bond motifs is 1. The van der Waals surface area contributed by atoms with Gasteiger partial charge in [0, 0.05) is 19.2 Å². The molecule has 98 valence electrons. The number of ether oxygens (including phenoxy) is 1. The van der Waals surface area contributed by atoms with Gasteiger partial charge >= 0.3 is 0 Å². The van der Waals surface area contributed by atoms with Crippen molar-refractivity contribution in [2.45, 2.75) is 26.2 Å². The fourth-order valence-electron chi connectivity index (χ4n) is 2.23. The van der Waals surface area contributed by atoms with Crippen molar-refractivity contribution in [3.63, 3.8) is 0 Å². The van der Waals surface area contributed by atoms with Gasteiger partial charge in [-0.1, -0.05) is 30.3 Å². The molecule has 1 aliphatic rings. The number of amides is 1. The number of hydrogen-bond donors (Lipinski definition) is 1. The number of benzene rings is 1. The molecule has 0 saturated carbocycles. The molecule has 19 heavy (non-hydrogen) atoms. The summed E-state index contributed by atoms with van der Waals surface area (Å²) in [5.74, 6) is 0.955. The van der Waals surface area contributed by atoms with Gasteiger partial charge in [-0.2, -0.15) is 0 Å². The zero-order valence-corrected chi connectivity index (χ0v) is 10.6. The molecule has 0 unspecified atom stereocenters. The van der Waals surface area contributed by atoms with E-state index in [0.717, 1.165) is 17.9 Å². The van der Waals surface area contributed by atoms with E-state index >= 15 is 0 Å². The van der Waals surface area contributed by atoms with E-state index in [0.29, 0.717) is 19.6 Å². The Kier molecular flexibility index (Phi) is 3.33. The molecule has 1 aliphatic heterocycles. The van der Waals surface area contributed by atoms with Gasteiger partial charge in [0.2, 0.25) is 5.91 Å². The zero-order chi connectivity index (χ0) is 13.1. The average Bonchev–Trinajstić information content (AvgIpc) is 2.82. The third-order valence-corrected chi connectivity index (χ3v) is 3.18. The van der Waals surface area contributed by atoms with Crippen molar-refractivity contribution in [2.75, 3.05) is 5.32 Å². The minimum absolute atomic E-state index is 0.0855. The van der Waals surface area contributed by atoms with Gasteiger partial charge in [0.1, 0.15) is 5.82 Å². The highest BCUT2D eigenvalue weighted by Crippen LogP contribution is 2.19. The van der Waals surface area contributed by atoms with Gasteiger partial charge < -0.3 is 14.6 Å². The van der Waals surface area contributed by atoms with E-state index in [1.165, 1.54) is 5.56 Å². The fraction of sp³-hybridized carbons (Fsp3) is 0.267. The summed E-state index contributed by atoms with van der Waals surface area (Å²) in [6, 6.07) is 12.1. The fourth-order valence-corrected chi connectivity index (χ4v) is 2.23.